The SMILES string of the molecule is CCc1nn(CC)c(CN(CC)c2ccc(C)cc2)c1Br. The maximum absolute atomic E-state index is 4.68. The highest BCUT2D eigenvalue weighted by Crippen LogP contribution is 2.26. The Morgan fingerprint density at radius 1 is 1.14 bits per heavy atom. The Kier molecular flexibility index (Phi) is 5.45. The van der Waals surface area contributed by atoms with Crippen LogP contribution in [0.3, 0.4) is 0 Å². The second kappa shape index (κ2) is 7.12. The van der Waals surface area contributed by atoms with Crippen LogP contribution in [0.5, 0.6) is 0 Å². The van der Waals surface area contributed by atoms with Gasteiger partial charge in [-0.2, -0.15) is 5.10 Å². The third kappa shape index (κ3) is 3.49. The van der Waals surface area contributed by atoms with E-state index in [1.807, 2.05) is 0 Å². The number of nitrogens with zero attached hydrogens (tertiary/aromatic N) is 3. The molecule has 0 saturated carbocycles. The fourth-order valence-electron chi connectivity index (χ4n) is 2.49. The summed E-state index contributed by atoms with van der Waals surface area (Å²) in [5.41, 5.74) is 4.96. The number of aromatic nitrogens is 2. The monoisotopic (exact) mass is 349 g/mol. The Bertz CT molecular complexity index is 587. The van der Waals surface area contributed by atoms with Crippen LogP contribution in [0.4, 0.5) is 5.69 Å². The molecule has 0 aliphatic heterocycles. The van der Waals surface area contributed by atoms with Gasteiger partial charge >= 0.3 is 0 Å². The van der Waals surface area contributed by atoms with Gasteiger partial charge in [-0.15, -0.1) is 0 Å². The zero-order chi connectivity index (χ0) is 15.4. The molecule has 0 atom stereocenters. The minimum Gasteiger partial charge on any atom is -0.366 e. The summed E-state index contributed by atoms with van der Waals surface area (Å²) in [7, 11) is 0. The van der Waals surface area contributed by atoms with Crippen LogP contribution in [-0.4, -0.2) is 16.3 Å². The first-order valence-electron chi connectivity index (χ1n) is 7.66. The molecule has 0 N–H and O–H groups in total. The molecule has 0 amide bonds. The van der Waals surface area contributed by atoms with Crippen LogP contribution in [0, 0.1) is 6.92 Å². The van der Waals surface area contributed by atoms with E-state index in [0.29, 0.717) is 0 Å². The van der Waals surface area contributed by atoms with Crippen LogP contribution in [0.1, 0.15) is 37.7 Å². The molecule has 1 aromatic heterocycles. The molecule has 2 aromatic rings. The smallest absolute Gasteiger partial charge is 0.0767 e. The van der Waals surface area contributed by atoms with Crippen LogP contribution in [0.15, 0.2) is 28.7 Å². The minimum atomic E-state index is 0.876. The summed E-state index contributed by atoms with van der Waals surface area (Å²) in [5, 5.41) is 4.68. The summed E-state index contributed by atoms with van der Waals surface area (Å²) in [6.07, 6.45) is 0.956. The molecule has 0 saturated heterocycles. The van der Waals surface area contributed by atoms with Gasteiger partial charge < -0.3 is 4.90 Å². The molecule has 0 spiro atoms. The predicted molar refractivity (Wildman–Crippen MR) is 92.9 cm³/mol. The average Bonchev–Trinajstić information content (AvgIpc) is 2.81. The molecule has 0 unspecified atom stereocenters. The highest BCUT2D eigenvalue weighted by Gasteiger charge is 2.16. The highest BCUT2D eigenvalue weighted by atomic mass is 79.9. The average molecular weight is 350 g/mol. The second-order valence-corrected chi connectivity index (χ2v) is 6.02. The molecule has 0 radical (unpaired) electrons. The molecule has 3 nitrogen and oxygen atoms in total. The third-order valence-corrected chi connectivity index (χ3v) is 4.73. The van der Waals surface area contributed by atoms with E-state index in [2.05, 4.69) is 82.6 Å². The molecule has 2 rings (SSSR count). The molecule has 1 aromatic carbocycles. The fourth-order valence-corrected chi connectivity index (χ4v) is 3.18. The largest absolute Gasteiger partial charge is 0.366 e. The van der Waals surface area contributed by atoms with Gasteiger partial charge in [0.25, 0.3) is 0 Å². The number of rotatable bonds is 6. The number of benzene rings is 1. The Morgan fingerprint density at radius 2 is 1.81 bits per heavy atom. The van der Waals surface area contributed by atoms with Gasteiger partial charge in [0.1, 0.15) is 0 Å². The quantitative estimate of drug-likeness (QED) is 0.761. The van der Waals surface area contributed by atoms with Crippen molar-refractivity contribution >= 4 is 21.6 Å². The van der Waals surface area contributed by atoms with Crippen molar-refractivity contribution in [3.8, 4) is 0 Å². The Labute approximate surface area is 136 Å². The van der Waals surface area contributed by atoms with Crippen LogP contribution in [0.25, 0.3) is 0 Å². The maximum Gasteiger partial charge on any atom is 0.0767 e. The topological polar surface area (TPSA) is 21.1 Å². The Hall–Kier alpha value is -1.29. The van der Waals surface area contributed by atoms with Gasteiger partial charge in [0, 0.05) is 18.8 Å². The first kappa shape index (κ1) is 16.1. The van der Waals surface area contributed by atoms with Crippen molar-refractivity contribution in [1.29, 1.82) is 0 Å². The van der Waals surface area contributed by atoms with Crippen LogP contribution >= 0.6 is 15.9 Å². The van der Waals surface area contributed by atoms with Crippen LogP contribution in [-0.2, 0) is 19.5 Å². The molecule has 114 valence electrons. The highest BCUT2D eigenvalue weighted by molar-refractivity contribution is 9.10. The standard InChI is InChI=1S/C17H24BrN3/c1-5-15-17(18)16(21(7-3)19-15)12-20(6-2)14-10-8-13(4)9-11-14/h8-11H,5-7,12H2,1-4H3. The molecule has 0 aliphatic carbocycles. The lowest BCUT2D eigenvalue weighted by molar-refractivity contribution is 0.604. The van der Waals surface area contributed by atoms with Crippen molar-refractivity contribution in [3.05, 3.63) is 45.7 Å². The lowest BCUT2D eigenvalue weighted by atomic mass is 10.2. The summed E-state index contributed by atoms with van der Waals surface area (Å²) < 4.78 is 3.28. The third-order valence-electron chi connectivity index (χ3n) is 3.82. The van der Waals surface area contributed by atoms with Gasteiger partial charge in [-0.05, 0) is 55.3 Å². The summed E-state index contributed by atoms with van der Waals surface area (Å²) in [5.74, 6) is 0. The van der Waals surface area contributed by atoms with Crippen molar-refractivity contribution in [1.82, 2.24) is 9.78 Å². The molecule has 21 heavy (non-hydrogen) atoms. The van der Waals surface area contributed by atoms with Gasteiger partial charge in [0.2, 0.25) is 0 Å². The van der Waals surface area contributed by atoms with Crippen molar-refractivity contribution < 1.29 is 0 Å². The lowest BCUT2D eigenvalue weighted by Crippen LogP contribution is -2.24. The normalized spacial score (nSPS) is 10.9. The maximum atomic E-state index is 4.68. The van der Waals surface area contributed by atoms with Crippen LogP contribution < -0.4 is 4.90 Å². The number of aryl methyl sites for hydroxylation is 3. The van der Waals surface area contributed by atoms with E-state index in [1.54, 1.807) is 0 Å². The van der Waals surface area contributed by atoms with E-state index in [1.165, 1.54) is 16.9 Å². The van der Waals surface area contributed by atoms with E-state index in [-0.39, 0.29) is 0 Å². The first-order valence-corrected chi connectivity index (χ1v) is 8.45. The zero-order valence-corrected chi connectivity index (χ0v) is 14.9. The second-order valence-electron chi connectivity index (χ2n) is 5.23. The first-order chi connectivity index (χ1) is 10.1. The van der Waals surface area contributed by atoms with Crippen molar-refractivity contribution in [3.63, 3.8) is 0 Å². The summed E-state index contributed by atoms with van der Waals surface area (Å²) in [6, 6.07) is 8.73. The van der Waals surface area contributed by atoms with E-state index < -0.39 is 0 Å². The minimum absolute atomic E-state index is 0.876. The fraction of sp³-hybridized carbons (Fsp3) is 0.471. The molecule has 0 aliphatic rings. The van der Waals surface area contributed by atoms with Crippen molar-refractivity contribution in [2.24, 2.45) is 0 Å². The number of halogens is 1. The Morgan fingerprint density at radius 3 is 2.33 bits per heavy atom. The zero-order valence-electron chi connectivity index (χ0n) is 13.4. The number of anilines is 1. The molecular weight excluding hydrogens is 326 g/mol. The predicted octanol–water partition coefficient (Wildman–Crippen LogP) is 4.56. The summed E-state index contributed by atoms with van der Waals surface area (Å²) in [6.45, 7) is 11.4. The molecule has 4 heteroatoms. The summed E-state index contributed by atoms with van der Waals surface area (Å²) >= 11 is 3.73. The molecule has 0 bridgehead atoms. The van der Waals surface area contributed by atoms with E-state index >= 15 is 0 Å². The molecule has 1 heterocycles. The van der Waals surface area contributed by atoms with Crippen LogP contribution in [0.2, 0.25) is 0 Å². The van der Waals surface area contributed by atoms with Gasteiger partial charge in [-0.1, -0.05) is 24.6 Å². The van der Waals surface area contributed by atoms with Gasteiger partial charge in [0.05, 0.1) is 22.4 Å². The van der Waals surface area contributed by atoms with E-state index in [9.17, 15) is 0 Å². The number of hydrogen-bond acceptors (Lipinski definition) is 2. The Balaban J connectivity index is 2.30. The van der Waals surface area contributed by atoms with E-state index in [4.69, 9.17) is 0 Å². The molecule has 0 fully saturated rings. The van der Waals surface area contributed by atoms with Crippen molar-refractivity contribution in [2.45, 2.75) is 47.2 Å². The van der Waals surface area contributed by atoms with Crippen molar-refractivity contribution in [2.75, 3.05) is 11.4 Å². The summed E-state index contributed by atoms with van der Waals surface area (Å²) in [4.78, 5) is 2.38. The molecular formula is C17H24BrN3. The van der Waals surface area contributed by atoms with E-state index in [0.717, 1.165) is 36.2 Å². The van der Waals surface area contributed by atoms with Gasteiger partial charge in [0.15, 0.2) is 0 Å². The lowest BCUT2D eigenvalue weighted by Gasteiger charge is -2.24. The number of hydrogen-bond donors (Lipinski definition) is 0. The van der Waals surface area contributed by atoms with Gasteiger partial charge in [-0.25, -0.2) is 0 Å². The van der Waals surface area contributed by atoms with Gasteiger partial charge in [-0.3, -0.25) is 4.68 Å².